The van der Waals surface area contributed by atoms with Crippen LogP contribution in [0.3, 0.4) is 0 Å². The summed E-state index contributed by atoms with van der Waals surface area (Å²) in [4.78, 5) is 17.6. The molecule has 7 nitrogen and oxygen atoms in total. The molecule has 0 aliphatic rings. The van der Waals surface area contributed by atoms with E-state index in [9.17, 15) is 13.0 Å². The summed E-state index contributed by atoms with van der Waals surface area (Å²) in [7, 11) is -9.03. The van der Waals surface area contributed by atoms with Crippen molar-refractivity contribution in [3.8, 4) is 0 Å². The molecule has 9 heteroatoms. The smallest absolute Gasteiger partial charge is 0.356 e. The Labute approximate surface area is 98.2 Å². The molecule has 0 spiro atoms. The summed E-state index contributed by atoms with van der Waals surface area (Å²) in [6, 6.07) is 1.85. The van der Waals surface area contributed by atoms with Gasteiger partial charge >= 0.3 is 7.60 Å². The summed E-state index contributed by atoms with van der Waals surface area (Å²) >= 11 is 0. The fourth-order valence-corrected chi connectivity index (χ4v) is 2.96. The van der Waals surface area contributed by atoms with Crippen LogP contribution in [0.2, 0.25) is 0 Å². The number of hydrogen-bond acceptors (Lipinski definition) is 4. The average molecular weight is 281 g/mol. The van der Waals surface area contributed by atoms with Crippen LogP contribution in [0.1, 0.15) is 12.5 Å². The van der Waals surface area contributed by atoms with E-state index in [2.05, 4.69) is 0 Å². The minimum Gasteiger partial charge on any atom is -0.398 e. The lowest BCUT2D eigenvalue weighted by Gasteiger charge is -2.12. The second-order valence-corrected chi connectivity index (χ2v) is 6.35. The highest BCUT2D eigenvalue weighted by Crippen LogP contribution is 2.37. The first-order valence-corrected chi connectivity index (χ1v) is 7.58. The third kappa shape index (κ3) is 3.05. The molecule has 0 unspecified atom stereocenters. The largest absolute Gasteiger partial charge is 0.398 e. The molecule has 0 aliphatic carbocycles. The van der Waals surface area contributed by atoms with Crippen molar-refractivity contribution in [3.63, 3.8) is 0 Å². The van der Waals surface area contributed by atoms with Crippen molar-refractivity contribution >= 4 is 28.7 Å². The zero-order chi connectivity index (χ0) is 13.4. The molecule has 17 heavy (non-hydrogen) atoms. The number of rotatable bonds is 3. The summed E-state index contributed by atoms with van der Waals surface area (Å²) in [5.41, 5.74) is 5.07. The van der Waals surface area contributed by atoms with E-state index in [0.717, 1.165) is 12.1 Å². The summed E-state index contributed by atoms with van der Waals surface area (Å²) in [6.07, 6.45) is 0.198. The van der Waals surface area contributed by atoms with Crippen molar-refractivity contribution in [2.45, 2.75) is 18.2 Å². The Morgan fingerprint density at radius 1 is 1.35 bits per heavy atom. The zero-order valence-electron chi connectivity index (χ0n) is 8.86. The van der Waals surface area contributed by atoms with Crippen LogP contribution in [-0.2, 0) is 21.1 Å². The van der Waals surface area contributed by atoms with Gasteiger partial charge in [0.15, 0.2) is 0 Å². The SMILES string of the molecule is CCc1cc(S(=O)(=O)O)c(N)cc1P(=O)(O)O. The van der Waals surface area contributed by atoms with Crippen molar-refractivity contribution in [1.29, 1.82) is 0 Å². The van der Waals surface area contributed by atoms with Crippen LogP contribution in [0.4, 0.5) is 5.69 Å². The summed E-state index contributed by atoms with van der Waals surface area (Å²) in [5, 5.41) is -0.329. The quantitative estimate of drug-likeness (QED) is 0.344. The van der Waals surface area contributed by atoms with Gasteiger partial charge in [0.1, 0.15) is 4.90 Å². The van der Waals surface area contributed by atoms with Gasteiger partial charge in [-0.1, -0.05) is 6.92 Å². The topological polar surface area (TPSA) is 138 Å². The highest BCUT2D eigenvalue weighted by atomic mass is 32.2. The molecule has 0 aliphatic heterocycles. The Morgan fingerprint density at radius 3 is 2.24 bits per heavy atom. The molecule has 0 heterocycles. The van der Waals surface area contributed by atoms with Crippen molar-refractivity contribution in [2.24, 2.45) is 0 Å². The minimum atomic E-state index is -4.53. The third-order valence-corrected chi connectivity index (χ3v) is 4.14. The molecular formula is C8H12NO6PS. The summed E-state index contributed by atoms with van der Waals surface area (Å²) in [6.45, 7) is 1.60. The lowest BCUT2D eigenvalue weighted by molar-refractivity contribution is 0.387. The van der Waals surface area contributed by atoms with E-state index in [1.807, 2.05) is 0 Å². The minimum absolute atomic E-state index is 0.125. The van der Waals surface area contributed by atoms with Crippen molar-refractivity contribution in [3.05, 3.63) is 17.7 Å². The number of nitrogen functional groups attached to an aromatic ring is 1. The molecule has 1 rings (SSSR count). The van der Waals surface area contributed by atoms with E-state index < -0.39 is 28.3 Å². The maximum atomic E-state index is 11.2. The predicted molar refractivity (Wildman–Crippen MR) is 61.7 cm³/mol. The normalized spacial score (nSPS) is 12.7. The van der Waals surface area contributed by atoms with Gasteiger partial charge in [-0.05, 0) is 24.1 Å². The molecule has 0 saturated carbocycles. The highest BCUT2D eigenvalue weighted by molar-refractivity contribution is 7.86. The van der Waals surface area contributed by atoms with E-state index in [4.69, 9.17) is 20.1 Å². The molecule has 0 fully saturated rings. The van der Waals surface area contributed by atoms with Crippen LogP contribution < -0.4 is 11.0 Å². The Bertz CT molecular complexity index is 590. The van der Waals surface area contributed by atoms with Gasteiger partial charge in [-0.15, -0.1) is 0 Å². The van der Waals surface area contributed by atoms with Gasteiger partial charge in [0.05, 0.1) is 11.0 Å². The van der Waals surface area contributed by atoms with E-state index in [1.54, 1.807) is 6.92 Å². The Balaban J connectivity index is 3.63. The van der Waals surface area contributed by atoms with Crippen LogP contribution in [0.15, 0.2) is 17.0 Å². The molecule has 0 bridgehead atoms. The molecule has 1 aromatic carbocycles. The average Bonchev–Trinajstić information content (AvgIpc) is 2.14. The number of nitrogens with two attached hydrogens (primary N) is 1. The van der Waals surface area contributed by atoms with Crippen LogP contribution in [-0.4, -0.2) is 22.8 Å². The molecule has 0 saturated heterocycles. The molecule has 96 valence electrons. The Morgan fingerprint density at radius 2 is 1.88 bits per heavy atom. The second-order valence-electron chi connectivity index (χ2n) is 3.39. The molecule has 0 atom stereocenters. The number of anilines is 1. The van der Waals surface area contributed by atoms with Crippen LogP contribution >= 0.6 is 7.60 Å². The van der Waals surface area contributed by atoms with Gasteiger partial charge in [-0.3, -0.25) is 9.12 Å². The monoisotopic (exact) mass is 281 g/mol. The van der Waals surface area contributed by atoms with Gasteiger partial charge in [0.25, 0.3) is 10.1 Å². The van der Waals surface area contributed by atoms with Crippen LogP contribution in [0, 0.1) is 0 Å². The first-order chi connectivity index (χ1) is 7.57. The number of benzene rings is 1. The van der Waals surface area contributed by atoms with Crippen LogP contribution in [0.5, 0.6) is 0 Å². The maximum Gasteiger partial charge on any atom is 0.356 e. The Hall–Kier alpha value is -0.920. The van der Waals surface area contributed by atoms with Crippen molar-refractivity contribution < 1.29 is 27.3 Å². The fraction of sp³-hybridized carbons (Fsp3) is 0.250. The molecule has 5 N–H and O–H groups in total. The molecule has 0 radical (unpaired) electrons. The van der Waals surface area contributed by atoms with Gasteiger partial charge < -0.3 is 15.5 Å². The van der Waals surface area contributed by atoms with E-state index in [1.165, 1.54) is 0 Å². The summed E-state index contributed by atoms with van der Waals surface area (Å²) in [5.74, 6) is 0. The lowest BCUT2D eigenvalue weighted by atomic mass is 10.1. The Kier molecular flexibility index (Phi) is 3.66. The first kappa shape index (κ1) is 14.1. The standard InChI is InChI=1S/C8H12NO6PS/c1-2-5-3-8(17(13,14)15)6(9)4-7(5)16(10,11)12/h3-4H,2,9H2,1H3,(H2,10,11,12)(H,13,14,15). The third-order valence-electron chi connectivity index (χ3n) is 2.18. The molecule has 0 aromatic heterocycles. The molecular weight excluding hydrogens is 269 g/mol. The van der Waals surface area contributed by atoms with Crippen LogP contribution in [0.25, 0.3) is 0 Å². The first-order valence-electron chi connectivity index (χ1n) is 4.53. The second kappa shape index (κ2) is 4.40. The maximum absolute atomic E-state index is 11.2. The number of aryl methyl sites for hydroxylation is 1. The van der Waals surface area contributed by atoms with E-state index >= 15 is 0 Å². The molecule has 1 aromatic rings. The number of hydrogen-bond donors (Lipinski definition) is 4. The summed E-state index contributed by atoms with van der Waals surface area (Å²) < 4.78 is 42.0. The van der Waals surface area contributed by atoms with Gasteiger partial charge in [-0.25, -0.2) is 0 Å². The van der Waals surface area contributed by atoms with E-state index in [-0.39, 0.29) is 17.3 Å². The lowest BCUT2D eigenvalue weighted by Crippen LogP contribution is -2.15. The fourth-order valence-electron chi connectivity index (χ4n) is 1.40. The van der Waals surface area contributed by atoms with Crippen molar-refractivity contribution in [2.75, 3.05) is 5.73 Å². The van der Waals surface area contributed by atoms with E-state index in [0.29, 0.717) is 0 Å². The highest BCUT2D eigenvalue weighted by Gasteiger charge is 2.25. The van der Waals surface area contributed by atoms with Gasteiger partial charge in [0.2, 0.25) is 0 Å². The van der Waals surface area contributed by atoms with Gasteiger partial charge in [0, 0.05) is 0 Å². The molecule has 0 amide bonds. The predicted octanol–water partition coefficient (Wildman–Crippen LogP) is -0.119. The zero-order valence-corrected chi connectivity index (χ0v) is 10.6. The van der Waals surface area contributed by atoms with Gasteiger partial charge in [-0.2, -0.15) is 8.42 Å². The van der Waals surface area contributed by atoms with Crippen molar-refractivity contribution in [1.82, 2.24) is 0 Å².